The van der Waals surface area contributed by atoms with Crippen LogP contribution in [0.2, 0.25) is 0 Å². The third-order valence-corrected chi connectivity index (χ3v) is 29.8. The van der Waals surface area contributed by atoms with E-state index in [-0.39, 0.29) is 95.5 Å². The van der Waals surface area contributed by atoms with Crippen molar-refractivity contribution in [2.75, 3.05) is 14.7 Å². The average molecular weight is 1870 g/mol. The van der Waals surface area contributed by atoms with Gasteiger partial charge in [0.2, 0.25) is 0 Å². The van der Waals surface area contributed by atoms with Crippen LogP contribution in [0, 0.1) is 0 Å². The molecule has 3 aromatic heterocycles. The Bertz CT molecular complexity index is 9050. The summed E-state index contributed by atoms with van der Waals surface area (Å²) in [5, 5.41) is 3.86. The topological polar surface area (TPSA) is 24.5 Å². The zero-order chi connectivity index (χ0) is 110. The van der Waals surface area contributed by atoms with E-state index in [1.807, 2.05) is 33.7 Å². The Hall–Kier alpha value is -15.2. The summed E-state index contributed by atoms with van der Waals surface area (Å²) < 4.78 is 127. The fourth-order valence-corrected chi connectivity index (χ4v) is 21.7. The molecule has 2 aliphatic rings. The first-order valence-corrected chi connectivity index (χ1v) is 50.3. The highest BCUT2D eigenvalue weighted by Crippen LogP contribution is 2.56. The van der Waals surface area contributed by atoms with Crippen molar-refractivity contribution in [1.82, 2.24) is 13.7 Å². The van der Waals surface area contributed by atoms with Crippen LogP contribution in [-0.4, -0.2) is 20.4 Å². The van der Waals surface area contributed by atoms with Crippen molar-refractivity contribution in [3.8, 4) is 72.7 Å². The van der Waals surface area contributed by atoms with E-state index in [4.69, 9.17) is 2.74 Å². The Morgan fingerprint density at radius 2 is 0.580 bits per heavy atom. The minimum Gasteiger partial charge on any atom is -0.311 e. The normalized spacial score (nSPS) is 14.3. The number of rotatable bonds is 13. The second kappa shape index (κ2) is 33.8. The summed E-state index contributed by atoms with van der Waals surface area (Å²) in [6, 6.07) is 108. The highest BCUT2D eigenvalue weighted by Gasteiger charge is 2.47. The summed E-state index contributed by atoms with van der Waals surface area (Å²) in [5.41, 5.74) is 28.5. The molecule has 0 unspecified atom stereocenters. The van der Waals surface area contributed by atoms with Crippen LogP contribution in [0.5, 0.6) is 0 Å². The van der Waals surface area contributed by atoms with Crippen LogP contribution >= 0.6 is 0 Å². The lowest BCUT2D eigenvalue weighted by Gasteiger charge is -2.46. The maximum absolute atomic E-state index is 11.5. The Morgan fingerprint density at radius 3 is 1.01 bits per heavy atom. The summed E-state index contributed by atoms with van der Waals surface area (Å²) in [7, 11) is 0. The highest BCUT2D eigenvalue weighted by molar-refractivity contribution is 7.00. The number of hydrogen-bond acceptors (Lipinski definition) is 3. The van der Waals surface area contributed by atoms with Gasteiger partial charge in [0, 0.05) is 100 Å². The van der Waals surface area contributed by atoms with Crippen molar-refractivity contribution in [1.29, 1.82) is 0 Å². The fourth-order valence-electron chi connectivity index (χ4n) is 21.7. The van der Waals surface area contributed by atoms with Gasteiger partial charge in [0.1, 0.15) is 0 Å². The molecule has 0 saturated carbocycles. The molecule has 18 aromatic carbocycles. The molecular formula is C136H127BN6. The molecule has 0 amide bonds. The van der Waals surface area contributed by atoms with Crippen molar-refractivity contribution >= 4 is 140 Å². The smallest absolute Gasteiger partial charge is 0.252 e. The fraction of sp³-hybridized carbons (Fsp3) is 0.206. The summed E-state index contributed by atoms with van der Waals surface area (Å²) in [6.07, 6.45) is 0. The maximum Gasteiger partial charge on any atom is 0.252 e. The summed E-state index contributed by atoms with van der Waals surface area (Å²) in [4.78, 5) is 6.83. The molecule has 23 rings (SSSR count). The van der Waals surface area contributed by atoms with E-state index in [0.717, 1.165) is 150 Å². The Morgan fingerprint density at radius 1 is 0.217 bits per heavy atom. The predicted molar refractivity (Wildman–Crippen MR) is 616 cm³/mol. The van der Waals surface area contributed by atoms with Crippen LogP contribution in [0.15, 0.2) is 388 Å². The largest absolute Gasteiger partial charge is 0.311 e. The Balaban J connectivity index is 0.923. The van der Waals surface area contributed by atoms with Gasteiger partial charge in [0.05, 0.1) is 60.9 Å². The van der Waals surface area contributed by atoms with Crippen molar-refractivity contribution in [3.05, 3.63) is 427 Å². The second-order valence-corrected chi connectivity index (χ2v) is 46.7. The van der Waals surface area contributed by atoms with Crippen LogP contribution in [0.25, 0.3) is 138 Å². The van der Waals surface area contributed by atoms with E-state index in [9.17, 15) is 13.7 Å². The summed E-state index contributed by atoms with van der Waals surface area (Å²) >= 11 is 0. The van der Waals surface area contributed by atoms with Gasteiger partial charge < -0.3 is 28.4 Å². The van der Waals surface area contributed by atoms with Gasteiger partial charge in [-0.15, -0.1) is 0 Å². The molecule has 2 aliphatic heterocycles. The first-order chi connectivity index (χ1) is 73.3. The molecule has 0 radical (unpaired) electrons. The zero-order valence-electron chi connectivity index (χ0n) is 97.8. The molecule has 0 bridgehead atoms. The van der Waals surface area contributed by atoms with Gasteiger partial charge >= 0.3 is 0 Å². The maximum atomic E-state index is 11.5. The number of para-hydroxylation sites is 2. The second-order valence-electron chi connectivity index (χ2n) is 46.7. The number of nitrogens with zero attached hydrogens (tertiary/aromatic N) is 6. The molecule has 0 N–H and O–H groups in total. The third kappa shape index (κ3) is 16.1. The molecule has 7 heteroatoms. The SMILES string of the molecule is [2H]c1c([2H])c(-n2c3ccc(C(C)(C)C)cc3c3cc(C(C)(C)C)ccc32)c([2H])c([2H])c1N(c1ccc(-n2c3c([2H])c([2H])c([2H])c([2H])c3c3c([2H])c([2H])c([2H])c([2H])c32)cc1)c1cc2c3c(c1)N(c1c(-c4ccccc4)cc(C(C)(C)C)cc1-c1ccccc1)c1cc(-n4c5ccc(C(C)(C)C)cc5c5cc(C(C)(C)C)ccc54)ccc1B3c1ccc(-c3cc(C(C)(C)C)cc(C(C)(C)C)c3)cc1N2c1cc(-c2ccccc2)cc(-c2ccccc2)c1. The number of benzene rings is 18. The molecule has 0 fully saturated rings. The van der Waals surface area contributed by atoms with Crippen molar-refractivity contribution < 1.29 is 16.4 Å². The molecule has 704 valence electrons. The lowest BCUT2D eigenvalue weighted by Crippen LogP contribution is -2.61. The Labute approximate surface area is 862 Å². The van der Waals surface area contributed by atoms with Crippen LogP contribution in [-0.2, 0) is 37.9 Å². The van der Waals surface area contributed by atoms with E-state index < -0.39 is 60.5 Å². The van der Waals surface area contributed by atoms with E-state index in [1.54, 1.807) is 12.1 Å². The average Bonchev–Trinajstić information content (AvgIpc) is 1.55. The summed E-state index contributed by atoms with van der Waals surface area (Å²) in [6.45, 7) is 46.7. The van der Waals surface area contributed by atoms with E-state index in [1.165, 1.54) is 26.8 Å². The van der Waals surface area contributed by atoms with Crippen LogP contribution in [0.3, 0.4) is 0 Å². The van der Waals surface area contributed by atoms with E-state index in [2.05, 4.69) is 439 Å². The molecule has 5 heterocycles. The third-order valence-electron chi connectivity index (χ3n) is 29.8. The van der Waals surface area contributed by atoms with Gasteiger partial charge in [-0.3, -0.25) is 0 Å². The monoisotopic (exact) mass is 1870 g/mol. The molecule has 0 saturated heterocycles. The van der Waals surface area contributed by atoms with Crippen molar-refractivity contribution in [3.63, 3.8) is 0 Å². The highest BCUT2D eigenvalue weighted by atomic mass is 15.2. The lowest BCUT2D eigenvalue weighted by molar-refractivity contribution is 0.569. The number of anilines is 9. The predicted octanol–water partition coefficient (Wildman–Crippen LogP) is 35.9. The van der Waals surface area contributed by atoms with E-state index in [0.29, 0.717) is 33.8 Å². The van der Waals surface area contributed by atoms with Gasteiger partial charge in [-0.1, -0.05) is 364 Å². The van der Waals surface area contributed by atoms with Crippen LogP contribution in [0.4, 0.5) is 51.2 Å². The molecular weight excluding hydrogens is 1730 g/mol. The minimum atomic E-state index is -0.618. The van der Waals surface area contributed by atoms with Crippen molar-refractivity contribution in [2.45, 2.75) is 183 Å². The van der Waals surface area contributed by atoms with Gasteiger partial charge in [-0.05, 0) is 307 Å². The zero-order valence-corrected chi connectivity index (χ0v) is 85.8. The lowest BCUT2D eigenvalue weighted by atomic mass is 9.33. The van der Waals surface area contributed by atoms with Gasteiger partial charge in [-0.25, -0.2) is 0 Å². The molecule has 21 aromatic rings. The molecule has 0 aliphatic carbocycles. The Kier molecular flexibility index (Phi) is 18.5. The summed E-state index contributed by atoms with van der Waals surface area (Å²) in [5.74, 6) is 0. The first kappa shape index (κ1) is 78.5. The first-order valence-electron chi connectivity index (χ1n) is 56.3. The molecule has 0 atom stereocenters. The standard InChI is InChI=1S/C136H127BN6/c1-130(2,3)94-51-66-120-112(77-94)113-78-95(131(4,5)6)52-67-121(113)140(120)104-61-57-102(58-62-104)138(101-55-59-103(60-56-101)139-118-48-36-34-46-108(118)109-47-35-37-49-119(109)139)107-84-126-128-127(85-107)143(129-110(88-42-30-24-31-43-88)81-100(136(19,20)21)82-111(129)89-44-32-25-33-45-89)125-83-105(141-122-68-53-96(132(7,8)9)79-114(122)115-80-97(133(10,11)12)54-69-123(115)141)63-65-117(125)137(128)116-64-50-90(93-71-98(134(13,14)15)76-99(72-93)135(16,17)18)75-124(116)142(126)106-73-91(86-38-26-22-27-39-86)70-92(74-106)87-40-28-23-29-41-87/h22-85H,1-21H3/i34D,35D,36D,37D,46D,47D,48D,49D,57D,58D,61D,62D. The molecule has 143 heavy (non-hydrogen) atoms. The number of hydrogen-bond donors (Lipinski definition) is 0. The molecule has 6 nitrogen and oxygen atoms in total. The van der Waals surface area contributed by atoms with Crippen molar-refractivity contribution in [2.24, 2.45) is 0 Å². The minimum absolute atomic E-state index is 0.0374. The van der Waals surface area contributed by atoms with Crippen LogP contribution < -0.4 is 31.1 Å². The van der Waals surface area contributed by atoms with E-state index >= 15 is 0 Å². The number of aromatic nitrogens is 3. The van der Waals surface area contributed by atoms with Crippen LogP contribution in [0.1, 0.15) is 201 Å². The van der Waals surface area contributed by atoms with Gasteiger partial charge in [0.25, 0.3) is 6.71 Å². The van der Waals surface area contributed by atoms with Gasteiger partial charge in [-0.2, -0.15) is 0 Å². The molecule has 0 spiro atoms. The quantitative estimate of drug-likeness (QED) is 0.108. The van der Waals surface area contributed by atoms with Gasteiger partial charge in [0.15, 0.2) is 0 Å². The number of fused-ring (bicyclic) bond motifs is 13.